The number of nitrogens with two attached hydrogens (primary N) is 1. The summed E-state index contributed by atoms with van der Waals surface area (Å²) in [5, 5.41) is 32.9. The highest BCUT2D eigenvalue weighted by molar-refractivity contribution is 7.84. The Balaban J connectivity index is 1.95. The molecule has 3 aromatic rings. The lowest BCUT2D eigenvalue weighted by atomic mass is 10.1. The van der Waals surface area contributed by atoms with Crippen LogP contribution in [0.15, 0.2) is 55.1 Å². The number of aromatic hydroxyl groups is 1. The Kier molecular flexibility index (Phi) is 4.93. The molecule has 0 aliphatic rings. The van der Waals surface area contributed by atoms with E-state index in [9.17, 15) is 13.5 Å². The van der Waals surface area contributed by atoms with Crippen LogP contribution in [0, 0.1) is 11.3 Å². The molecule has 0 radical (unpaired) electrons. The van der Waals surface area contributed by atoms with Gasteiger partial charge in [0.15, 0.2) is 11.5 Å². The summed E-state index contributed by atoms with van der Waals surface area (Å²) in [6, 6.07) is 13.2. The monoisotopic (exact) mass is 386 g/mol. The number of hydrogen-bond donors (Lipinski definition) is 2. The summed E-state index contributed by atoms with van der Waals surface area (Å²) in [5.41, 5.74) is 1.86. The molecule has 138 valence electrons. The van der Waals surface area contributed by atoms with Crippen molar-refractivity contribution < 1.29 is 17.7 Å². The quantitative estimate of drug-likeness (QED) is 0.635. The zero-order valence-corrected chi connectivity index (χ0v) is 14.6. The van der Waals surface area contributed by atoms with Crippen LogP contribution in [0.4, 0.5) is 5.69 Å². The van der Waals surface area contributed by atoms with Gasteiger partial charge in [-0.2, -0.15) is 18.8 Å². The summed E-state index contributed by atoms with van der Waals surface area (Å²) in [7, 11) is -4.28. The lowest BCUT2D eigenvalue weighted by Crippen LogP contribution is -2.28. The minimum atomic E-state index is -4.28. The molecule has 0 bridgehead atoms. The van der Waals surface area contributed by atoms with E-state index in [2.05, 4.69) is 14.4 Å². The zero-order chi connectivity index (χ0) is 19.4. The van der Waals surface area contributed by atoms with E-state index in [1.165, 1.54) is 24.8 Å². The second-order valence-electron chi connectivity index (χ2n) is 5.44. The molecule has 10 nitrogen and oxygen atoms in total. The van der Waals surface area contributed by atoms with Gasteiger partial charge in [-0.3, -0.25) is 5.01 Å². The molecule has 1 heterocycles. The Morgan fingerprint density at radius 2 is 1.85 bits per heavy atom. The topological polar surface area (TPSA) is 147 Å². The van der Waals surface area contributed by atoms with Crippen molar-refractivity contribution in [3.63, 3.8) is 0 Å². The molecule has 0 spiro atoms. The van der Waals surface area contributed by atoms with Crippen LogP contribution >= 0.6 is 0 Å². The maximum Gasteiger partial charge on any atom is 0.380 e. The molecule has 0 aliphatic heterocycles. The van der Waals surface area contributed by atoms with Crippen molar-refractivity contribution in [1.29, 1.82) is 5.26 Å². The molecule has 11 heteroatoms. The third kappa shape index (κ3) is 4.51. The first-order chi connectivity index (χ1) is 12.9. The van der Waals surface area contributed by atoms with Crippen molar-refractivity contribution in [2.45, 2.75) is 6.54 Å². The highest BCUT2D eigenvalue weighted by Crippen LogP contribution is 2.29. The SMILES string of the molecule is N#Cc1ccc(N(Cc2ccc(O)c(OS(N)(=O)=O)c2)n2cnnc2)cc1. The van der Waals surface area contributed by atoms with Gasteiger partial charge in [-0.05, 0) is 42.0 Å². The Bertz CT molecular complexity index is 1080. The normalized spacial score (nSPS) is 11.0. The first kappa shape index (κ1) is 18.2. The Hall–Kier alpha value is -3.62. The van der Waals surface area contributed by atoms with Gasteiger partial charge in [-0.15, -0.1) is 10.2 Å². The minimum Gasteiger partial charge on any atom is -0.504 e. The summed E-state index contributed by atoms with van der Waals surface area (Å²) >= 11 is 0. The van der Waals surface area contributed by atoms with Crippen LogP contribution in [0.25, 0.3) is 0 Å². The van der Waals surface area contributed by atoms with Crippen molar-refractivity contribution in [2.75, 3.05) is 5.01 Å². The summed E-state index contributed by atoms with van der Waals surface area (Å²) < 4.78 is 28.5. The number of nitriles is 1. The molecule has 3 N–H and O–H groups in total. The predicted molar refractivity (Wildman–Crippen MR) is 94.6 cm³/mol. The van der Waals surface area contributed by atoms with Crippen molar-refractivity contribution in [2.24, 2.45) is 5.14 Å². The van der Waals surface area contributed by atoms with Gasteiger partial charge in [0.25, 0.3) is 0 Å². The molecule has 0 amide bonds. The van der Waals surface area contributed by atoms with E-state index >= 15 is 0 Å². The van der Waals surface area contributed by atoms with Crippen molar-refractivity contribution in [3.8, 4) is 17.6 Å². The maximum absolute atomic E-state index is 11.1. The molecular formula is C16H14N6O4S. The molecule has 0 fully saturated rings. The molecule has 27 heavy (non-hydrogen) atoms. The standard InChI is InChI=1S/C16H14N6O4S/c17-8-12-1-4-14(5-2-12)22(21-10-19-20-11-21)9-13-3-6-15(23)16(7-13)26-27(18,24)25/h1-7,10-11,23H,9H2,(H2,18,24,25). The molecule has 0 saturated carbocycles. The molecule has 3 rings (SSSR count). The van der Waals surface area contributed by atoms with E-state index in [1.807, 2.05) is 6.07 Å². The average molecular weight is 386 g/mol. The number of hydrogen-bond acceptors (Lipinski definition) is 8. The molecule has 2 aromatic carbocycles. The Labute approximate surface area is 154 Å². The fourth-order valence-corrected chi connectivity index (χ4v) is 2.74. The summed E-state index contributed by atoms with van der Waals surface area (Å²) in [4.78, 5) is 0. The van der Waals surface area contributed by atoms with E-state index in [0.29, 0.717) is 11.1 Å². The number of phenolic OH excluding ortho intramolecular Hbond substituents is 1. The summed E-state index contributed by atoms with van der Waals surface area (Å²) in [6.45, 7) is 0.255. The van der Waals surface area contributed by atoms with E-state index < -0.39 is 10.3 Å². The van der Waals surface area contributed by atoms with Gasteiger partial charge in [0.05, 0.1) is 23.9 Å². The third-order valence-electron chi connectivity index (χ3n) is 3.54. The van der Waals surface area contributed by atoms with E-state index in [0.717, 1.165) is 5.69 Å². The number of phenols is 1. The Morgan fingerprint density at radius 1 is 1.19 bits per heavy atom. The lowest BCUT2D eigenvalue weighted by molar-refractivity contribution is 0.428. The number of benzene rings is 2. The first-order valence-corrected chi connectivity index (χ1v) is 8.99. The van der Waals surface area contributed by atoms with Crippen LogP contribution in [-0.4, -0.2) is 28.4 Å². The lowest BCUT2D eigenvalue weighted by Gasteiger charge is -2.25. The summed E-state index contributed by atoms with van der Waals surface area (Å²) in [5.74, 6) is -0.638. The molecule has 0 atom stereocenters. The fraction of sp³-hybridized carbons (Fsp3) is 0.0625. The number of nitrogens with zero attached hydrogens (tertiary/aromatic N) is 5. The second-order valence-corrected chi connectivity index (χ2v) is 6.59. The molecule has 0 unspecified atom stereocenters. The highest BCUT2D eigenvalue weighted by atomic mass is 32.2. The van der Waals surface area contributed by atoms with Gasteiger partial charge in [-0.25, -0.2) is 4.68 Å². The van der Waals surface area contributed by atoms with Crippen molar-refractivity contribution >= 4 is 16.0 Å². The minimum absolute atomic E-state index is 0.255. The van der Waals surface area contributed by atoms with Crippen LogP contribution < -0.4 is 14.3 Å². The number of aromatic nitrogens is 3. The van der Waals surface area contributed by atoms with Crippen molar-refractivity contribution in [3.05, 3.63) is 66.2 Å². The highest BCUT2D eigenvalue weighted by Gasteiger charge is 2.14. The fourth-order valence-electron chi connectivity index (χ4n) is 2.36. The van der Waals surface area contributed by atoms with Crippen LogP contribution in [-0.2, 0) is 16.8 Å². The Morgan fingerprint density at radius 3 is 2.44 bits per heavy atom. The van der Waals surface area contributed by atoms with E-state index in [-0.39, 0.29) is 18.0 Å². The van der Waals surface area contributed by atoms with Crippen LogP contribution in [0.5, 0.6) is 11.5 Å². The van der Waals surface area contributed by atoms with Crippen LogP contribution in [0.2, 0.25) is 0 Å². The van der Waals surface area contributed by atoms with Gasteiger partial charge in [0.1, 0.15) is 12.7 Å². The molecular weight excluding hydrogens is 372 g/mol. The third-order valence-corrected chi connectivity index (χ3v) is 3.95. The smallest absolute Gasteiger partial charge is 0.380 e. The van der Waals surface area contributed by atoms with Gasteiger partial charge in [0, 0.05) is 0 Å². The predicted octanol–water partition coefficient (Wildman–Crippen LogP) is 0.908. The van der Waals surface area contributed by atoms with Gasteiger partial charge < -0.3 is 9.29 Å². The summed E-state index contributed by atoms with van der Waals surface area (Å²) in [6.07, 6.45) is 2.97. The average Bonchev–Trinajstić information content (AvgIpc) is 3.15. The number of rotatable bonds is 6. The second kappa shape index (κ2) is 7.32. The molecule has 0 saturated heterocycles. The van der Waals surface area contributed by atoms with Gasteiger partial charge in [-0.1, -0.05) is 6.07 Å². The first-order valence-electron chi connectivity index (χ1n) is 7.52. The van der Waals surface area contributed by atoms with E-state index in [1.54, 1.807) is 40.0 Å². The molecule has 1 aromatic heterocycles. The van der Waals surface area contributed by atoms with Crippen LogP contribution in [0.3, 0.4) is 0 Å². The van der Waals surface area contributed by atoms with Gasteiger partial charge in [0.2, 0.25) is 0 Å². The van der Waals surface area contributed by atoms with Crippen molar-refractivity contribution in [1.82, 2.24) is 14.9 Å². The van der Waals surface area contributed by atoms with Crippen LogP contribution in [0.1, 0.15) is 11.1 Å². The molecule has 0 aliphatic carbocycles. The van der Waals surface area contributed by atoms with E-state index in [4.69, 9.17) is 10.4 Å². The maximum atomic E-state index is 11.1. The largest absolute Gasteiger partial charge is 0.504 e. The van der Waals surface area contributed by atoms with Gasteiger partial charge >= 0.3 is 10.3 Å². The zero-order valence-electron chi connectivity index (χ0n) is 13.8. The number of anilines is 1.